The smallest absolute Gasteiger partial charge is 0.310 e. The molecule has 1 aliphatic carbocycles. The number of benzene rings is 1. The maximum absolute atomic E-state index is 12.1. The molecule has 1 saturated carbocycles. The van der Waals surface area contributed by atoms with Gasteiger partial charge < -0.3 is 10.5 Å². The summed E-state index contributed by atoms with van der Waals surface area (Å²) in [6.07, 6.45) is 2.57. The molecule has 0 saturated heterocycles. The van der Waals surface area contributed by atoms with Gasteiger partial charge in [-0.1, -0.05) is 30.3 Å². The molecule has 0 heterocycles. The number of carbonyl (C=O) groups excluding carboxylic acids is 1. The standard InChI is InChI=1S/C16H23NO4S/c1-21-16(18)14(10-7-12-5-3-2-4-6-12)15(17)11-22(19,20)13-8-9-13/h2-6,13-15H,7-11,17H2,1H3. The van der Waals surface area contributed by atoms with E-state index in [1.807, 2.05) is 30.3 Å². The Kier molecular flexibility index (Phi) is 5.58. The molecule has 0 radical (unpaired) electrons. The van der Waals surface area contributed by atoms with Crippen LogP contribution in [0.1, 0.15) is 24.8 Å². The van der Waals surface area contributed by atoms with Gasteiger partial charge in [0.15, 0.2) is 9.84 Å². The normalized spacial score (nSPS) is 17.7. The van der Waals surface area contributed by atoms with Crippen LogP contribution in [0.4, 0.5) is 0 Å². The largest absolute Gasteiger partial charge is 0.469 e. The van der Waals surface area contributed by atoms with Crippen molar-refractivity contribution in [2.75, 3.05) is 12.9 Å². The molecule has 0 amide bonds. The van der Waals surface area contributed by atoms with Crippen molar-refractivity contribution in [2.24, 2.45) is 11.7 Å². The Hall–Kier alpha value is -1.40. The molecular weight excluding hydrogens is 302 g/mol. The number of aryl methyl sites for hydroxylation is 1. The van der Waals surface area contributed by atoms with Gasteiger partial charge in [0.05, 0.1) is 24.0 Å². The van der Waals surface area contributed by atoms with Gasteiger partial charge in [-0.3, -0.25) is 4.79 Å². The van der Waals surface area contributed by atoms with Crippen LogP contribution in [0.2, 0.25) is 0 Å². The lowest BCUT2D eigenvalue weighted by Crippen LogP contribution is -2.42. The zero-order valence-electron chi connectivity index (χ0n) is 12.8. The molecular formula is C16H23NO4S. The molecule has 122 valence electrons. The van der Waals surface area contributed by atoms with Crippen LogP contribution in [0.3, 0.4) is 0 Å². The van der Waals surface area contributed by atoms with Crippen molar-refractivity contribution in [2.45, 2.75) is 37.0 Å². The number of methoxy groups -OCH3 is 1. The van der Waals surface area contributed by atoms with E-state index < -0.39 is 27.8 Å². The minimum Gasteiger partial charge on any atom is -0.469 e. The van der Waals surface area contributed by atoms with Gasteiger partial charge in [-0.05, 0) is 31.2 Å². The van der Waals surface area contributed by atoms with Crippen LogP contribution in [0.5, 0.6) is 0 Å². The summed E-state index contributed by atoms with van der Waals surface area (Å²) in [5, 5.41) is -0.258. The van der Waals surface area contributed by atoms with Crippen molar-refractivity contribution < 1.29 is 17.9 Å². The van der Waals surface area contributed by atoms with Gasteiger partial charge in [-0.25, -0.2) is 8.42 Å². The molecule has 5 nitrogen and oxygen atoms in total. The average Bonchev–Trinajstić information content (AvgIpc) is 3.33. The monoisotopic (exact) mass is 325 g/mol. The molecule has 6 heteroatoms. The van der Waals surface area contributed by atoms with Gasteiger partial charge in [0.1, 0.15) is 0 Å². The summed E-state index contributed by atoms with van der Waals surface area (Å²) < 4.78 is 28.9. The number of esters is 1. The van der Waals surface area contributed by atoms with Gasteiger partial charge in [-0.2, -0.15) is 0 Å². The van der Waals surface area contributed by atoms with E-state index in [-0.39, 0.29) is 11.0 Å². The maximum atomic E-state index is 12.1. The number of carbonyl (C=O) groups is 1. The van der Waals surface area contributed by atoms with Crippen molar-refractivity contribution in [3.8, 4) is 0 Å². The maximum Gasteiger partial charge on any atom is 0.310 e. The zero-order valence-corrected chi connectivity index (χ0v) is 13.6. The van der Waals surface area contributed by atoms with Gasteiger partial charge in [0.25, 0.3) is 0 Å². The second-order valence-corrected chi connectivity index (χ2v) is 8.17. The molecule has 1 aromatic rings. The zero-order chi connectivity index (χ0) is 16.2. The highest BCUT2D eigenvalue weighted by atomic mass is 32.2. The predicted octanol–water partition coefficient (Wildman–Crippen LogP) is 1.31. The molecule has 1 fully saturated rings. The van der Waals surface area contributed by atoms with E-state index in [1.54, 1.807) is 0 Å². The second-order valence-electron chi connectivity index (χ2n) is 5.85. The molecule has 0 bridgehead atoms. The fourth-order valence-electron chi connectivity index (χ4n) is 2.57. The molecule has 1 aliphatic rings. The Morgan fingerprint density at radius 3 is 2.50 bits per heavy atom. The van der Waals surface area contributed by atoms with Crippen LogP contribution in [0, 0.1) is 5.92 Å². The Bertz CT molecular complexity index is 596. The highest BCUT2D eigenvalue weighted by Crippen LogP contribution is 2.30. The van der Waals surface area contributed by atoms with Gasteiger partial charge >= 0.3 is 5.97 Å². The van der Waals surface area contributed by atoms with E-state index in [1.165, 1.54) is 7.11 Å². The van der Waals surface area contributed by atoms with Crippen molar-refractivity contribution in [1.29, 1.82) is 0 Å². The predicted molar refractivity (Wildman–Crippen MR) is 85.1 cm³/mol. The highest BCUT2D eigenvalue weighted by molar-refractivity contribution is 7.92. The molecule has 0 spiro atoms. The molecule has 1 aromatic carbocycles. The van der Waals surface area contributed by atoms with E-state index in [2.05, 4.69) is 0 Å². The number of hydrogen-bond donors (Lipinski definition) is 1. The Balaban J connectivity index is 2.00. The molecule has 2 unspecified atom stereocenters. The first-order chi connectivity index (χ1) is 10.4. The Morgan fingerprint density at radius 2 is 1.95 bits per heavy atom. The Labute approximate surface area is 131 Å². The first-order valence-electron chi connectivity index (χ1n) is 7.53. The topological polar surface area (TPSA) is 86.5 Å². The van der Waals surface area contributed by atoms with Crippen LogP contribution >= 0.6 is 0 Å². The molecule has 0 aromatic heterocycles. The van der Waals surface area contributed by atoms with Crippen molar-refractivity contribution >= 4 is 15.8 Å². The number of hydrogen-bond acceptors (Lipinski definition) is 5. The third-order valence-corrected chi connectivity index (χ3v) is 6.40. The molecule has 0 aliphatic heterocycles. The fourth-order valence-corrected chi connectivity index (χ4v) is 4.47. The lowest BCUT2D eigenvalue weighted by Gasteiger charge is -2.21. The van der Waals surface area contributed by atoms with Crippen LogP contribution in [0.15, 0.2) is 30.3 Å². The van der Waals surface area contributed by atoms with E-state index in [0.717, 1.165) is 5.56 Å². The first kappa shape index (κ1) is 17.0. The third-order valence-electron chi connectivity index (χ3n) is 4.06. The van der Waals surface area contributed by atoms with Crippen molar-refractivity contribution in [1.82, 2.24) is 0 Å². The van der Waals surface area contributed by atoms with Gasteiger partial charge in [-0.15, -0.1) is 0 Å². The lowest BCUT2D eigenvalue weighted by atomic mass is 9.94. The van der Waals surface area contributed by atoms with Crippen LogP contribution in [0.25, 0.3) is 0 Å². The summed E-state index contributed by atoms with van der Waals surface area (Å²) in [4.78, 5) is 11.9. The number of ether oxygens (including phenoxy) is 1. The van der Waals surface area contributed by atoms with E-state index in [4.69, 9.17) is 10.5 Å². The molecule has 2 atom stereocenters. The summed E-state index contributed by atoms with van der Waals surface area (Å²) >= 11 is 0. The van der Waals surface area contributed by atoms with E-state index in [9.17, 15) is 13.2 Å². The van der Waals surface area contributed by atoms with Crippen LogP contribution < -0.4 is 5.73 Å². The van der Waals surface area contributed by atoms with Crippen molar-refractivity contribution in [3.05, 3.63) is 35.9 Å². The SMILES string of the molecule is COC(=O)C(CCc1ccccc1)C(N)CS(=O)(=O)C1CC1. The highest BCUT2D eigenvalue weighted by Gasteiger charge is 2.39. The van der Waals surface area contributed by atoms with Gasteiger partial charge in [0, 0.05) is 6.04 Å². The number of nitrogens with two attached hydrogens (primary N) is 1. The quantitative estimate of drug-likeness (QED) is 0.728. The minimum absolute atomic E-state index is 0.147. The summed E-state index contributed by atoms with van der Waals surface area (Å²) in [5.74, 6) is -1.18. The molecule has 2 rings (SSSR count). The molecule has 2 N–H and O–H groups in total. The van der Waals surface area contributed by atoms with Crippen LogP contribution in [-0.2, 0) is 25.8 Å². The van der Waals surface area contributed by atoms with E-state index >= 15 is 0 Å². The summed E-state index contributed by atoms with van der Waals surface area (Å²) in [5.41, 5.74) is 7.12. The lowest BCUT2D eigenvalue weighted by molar-refractivity contribution is -0.146. The van der Waals surface area contributed by atoms with Crippen molar-refractivity contribution in [3.63, 3.8) is 0 Å². The first-order valence-corrected chi connectivity index (χ1v) is 9.24. The number of sulfone groups is 1. The Morgan fingerprint density at radius 1 is 1.32 bits per heavy atom. The number of rotatable bonds is 8. The minimum atomic E-state index is -3.19. The van der Waals surface area contributed by atoms with E-state index in [0.29, 0.717) is 25.7 Å². The van der Waals surface area contributed by atoms with Gasteiger partial charge in [0.2, 0.25) is 0 Å². The fraction of sp³-hybridized carbons (Fsp3) is 0.562. The summed E-state index contributed by atoms with van der Waals surface area (Å²) in [6, 6.07) is 9.01. The van der Waals surface area contributed by atoms with Crippen LogP contribution in [-0.4, -0.2) is 38.5 Å². The second kappa shape index (κ2) is 7.24. The average molecular weight is 325 g/mol. The summed E-state index contributed by atoms with van der Waals surface area (Å²) in [6.45, 7) is 0. The molecule has 22 heavy (non-hydrogen) atoms. The summed E-state index contributed by atoms with van der Waals surface area (Å²) in [7, 11) is -1.88. The third kappa shape index (κ3) is 4.55.